The number of carbonyl (C=O) groups excluding carboxylic acids is 3. The normalized spacial score (nSPS) is 20.2. The van der Waals surface area contributed by atoms with Gasteiger partial charge in [0.2, 0.25) is 5.91 Å². The molecule has 1 saturated heterocycles. The molecule has 320 valence electrons. The summed E-state index contributed by atoms with van der Waals surface area (Å²) in [6.45, 7) is 6.69. The van der Waals surface area contributed by atoms with Crippen molar-refractivity contribution in [2.24, 2.45) is 5.92 Å². The number of rotatable bonds is 13. The molecule has 3 amide bonds. The van der Waals surface area contributed by atoms with Gasteiger partial charge in [-0.25, -0.2) is 0 Å². The first-order valence-electron chi connectivity index (χ1n) is 21.2. The highest BCUT2D eigenvalue weighted by atomic mass is 28.3. The molecule has 12 nitrogen and oxygen atoms in total. The Labute approximate surface area is 366 Å². The molecule has 3 aliphatic heterocycles. The van der Waals surface area contributed by atoms with Gasteiger partial charge in [-0.1, -0.05) is 104 Å². The Bertz CT molecular complexity index is 2760. The first-order chi connectivity index (χ1) is 30.4. The van der Waals surface area contributed by atoms with Crippen molar-refractivity contribution in [2.75, 3.05) is 30.1 Å². The highest BCUT2D eigenvalue weighted by molar-refractivity contribution is 6.91. The Kier molecular flexibility index (Phi) is 10.7. The average molecular weight is 861 g/mol. The van der Waals surface area contributed by atoms with Crippen LogP contribution in [0.5, 0.6) is 5.75 Å². The summed E-state index contributed by atoms with van der Waals surface area (Å²) in [5.74, 6) is -0.525. The summed E-state index contributed by atoms with van der Waals surface area (Å²) < 4.78 is 12.7. The van der Waals surface area contributed by atoms with Crippen LogP contribution >= 0.6 is 0 Å². The van der Waals surface area contributed by atoms with Gasteiger partial charge in [0.25, 0.3) is 17.5 Å². The van der Waals surface area contributed by atoms with Crippen molar-refractivity contribution in [2.45, 2.75) is 56.8 Å². The number of amides is 3. The van der Waals surface area contributed by atoms with Crippen LogP contribution in [0.2, 0.25) is 18.6 Å². The molecule has 6 aromatic rings. The Morgan fingerprint density at radius 1 is 0.889 bits per heavy atom. The summed E-state index contributed by atoms with van der Waals surface area (Å²) >= 11 is 0. The Morgan fingerprint density at radius 3 is 2.29 bits per heavy atom. The topological polar surface area (TPSA) is 143 Å². The fraction of sp³-hybridized carbons (Fsp3) is 0.260. The number of hydrogen-bond donors (Lipinski definition) is 1. The van der Waals surface area contributed by atoms with Crippen molar-refractivity contribution in [3.05, 3.63) is 166 Å². The lowest BCUT2D eigenvalue weighted by atomic mass is 9.82. The number of hydrogen-bond acceptors (Lipinski definition) is 8. The standard InChI is InChI=1S/C50H48N4O8Si/c1-32-47(63(3,4)39-23-21-38(61-2)22-24-39)44(29-45(56)51(26-27-55)30-33-10-6-5-7-11-33)62-50(32)41-28-37(54(59)60)20-25-42(41)52(49(50)58)31-34-16-18-36(19-17-34)53-43-15-9-13-35-12-8-14-40(46(35)43)48(53)57/h5-25,28,32,44,47,55H,26-27,29-31H2,1-4H3/t32-,44+,47-,50+/m0/s1. The minimum atomic E-state index is -2.68. The van der Waals surface area contributed by atoms with E-state index in [2.05, 4.69) is 13.1 Å². The largest absolute Gasteiger partial charge is 0.497 e. The second kappa shape index (κ2) is 16.2. The summed E-state index contributed by atoms with van der Waals surface area (Å²) in [6, 6.07) is 41.0. The van der Waals surface area contributed by atoms with Crippen molar-refractivity contribution in [3.63, 3.8) is 0 Å². The molecule has 0 radical (unpaired) electrons. The third kappa shape index (κ3) is 6.96. The average Bonchev–Trinajstić information content (AvgIpc) is 3.84. The fourth-order valence-electron chi connectivity index (χ4n) is 10.4. The number of aliphatic hydroxyl groups excluding tert-OH is 1. The smallest absolute Gasteiger partial charge is 0.269 e. The predicted octanol–water partition coefficient (Wildman–Crippen LogP) is 8.22. The van der Waals surface area contributed by atoms with Gasteiger partial charge in [-0.15, -0.1) is 0 Å². The number of fused-ring (bicyclic) bond motifs is 2. The predicted molar refractivity (Wildman–Crippen MR) is 244 cm³/mol. The van der Waals surface area contributed by atoms with Crippen molar-refractivity contribution in [1.82, 2.24) is 4.90 Å². The zero-order valence-electron chi connectivity index (χ0n) is 35.6. The molecule has 9 rings (SSSR count). The molecule has 3 aliphatic rings. The molecule has 1 N–H and O–H groups in total. The third-order valence-corrected chi connectivity index (χ3v) is 17.8. The van der Waals surface area contributed by atoms with Gasteiger partial charge >= 0.3 is 0 Å². The van der Waals surface area contributed by atoms with E-state index in [-0.39, 0.29) is 61.6 Å². The molecule has 6 aromatic carbocycles. The summed E-state index contributed by atoms with van der Waals surface area (Å²) in [6.07, 6.45) is -0.822. The number of methoxy groups -OCH3 is 1. The molecule has 63 heavy (non-hydrogen) atoms. The van der Waals surface area contributed by atoms with Crippen LogP contribution in [0.1, 0.15) is 40.4 Å². The van der Waals surface area contributed by atoms with E-state index in [1.807, 2.05) is 122 Å². The number of non-ortho nitro benzene ring substituents is 1. The molecule has 4 atom stereocenters. The van der Waals surface area contributed by atoms with E-state index < -0.39 is 30.6 Å². The number of nitrogens with zero attached hydrogens (tertiary/aromatic N) is 4. The minimum absolute atomic E-state index is 0.0675. The SMILES string of the molecule is COc1ccc([Si](C)(C)[C@@H]2[C@@H](CC(=O)N(CCO)Cc3ccccc3)O[C@]3(C(=O)N(Cc4ccc(N5C(=O)c6cccc7cccc5c67)cc4)c4ccc([N+](=O)[O-])cc43)[C@H]2C)cc1. The van der Waals surface area contributed by atoms with Gasteiger partial charge in [0.15, 0.2) is 5.60 Å². The first kappa shape index (κ1) is 41.7. The van der Waals surface area contributed by atoms with Crippen LogP contribution in [-0.4, -0.2) is 67.1 Å². The van der Waals surface area contributed by atoms with E-state index in [4.69, 9.17) is 9.47 Å². The molecule has 1 spiro atoms. The lowest BCUT2D eigenvalue weighted by Crippen LogP contribution is -2.52. The molecule has 0 unspecified atom stereocenters. The van der Waals surface area contributed by atoms with Gasteiger partial charge in [-0.2, -0.15) is 0 Å². The zero-order valence-corrected chi connectivity index (χ0v) is 36.6. The Hall–Kier alpha value is -6.67. The van der Waals surface area contributed by atoms with Crippen LogP contribution in [-0.2, 0) is 33.0 Å². The van der Waals surface area contributed by atoms with E-state index in [9.17, 15) is 24.8 Å². The van der Waals surface area contributed by atoms with Crippen molar-refractivity contribution < 1.29 is 33.9 Å². The van der Waals surface area contributed by atoms with E-state index in [1.165, 1.54) is 12.1 Å². The van der Waals surface area contributed by atoms with Crippen molar-refractivity contribution in [3.8, 4) is 5.75 Å². The summed E-state index contributed by atoms with van der Waals surface area (Å²) in [7, 11) is -1.07. The van der Waals surface area contributed by atoms with Gasteiger partial charge in [0.1, 0.15) is 5.75 Å². The molecule has 0 saturated carbocycles. The summed E-state index contributed by atoms with van der Waals surface area (Å²) in [5.41, 5.74) is 2.58. The number of aliphatic hydroxyl groups is 1. The van der Waals surface area contributed by atoms with Gasteiger partial charge in [0, 0.05) is 47.8 Å². The number of ether oxygens (including phenoxy) is 2. The summed E-state index contributed by atoms with van der Waals surface area (Å²) in [5, 5.41) is 25.4. The molecule has 1 fully saturated rings. The van der Waals surface area contributed by atoms with Crippen LogP contribution in [0.3, 0.4) is 0 Å². The second-order valence-corrected chi connectivity index (χ2v) is 21.9. The van der Waals surface area contributed by atoms with Gasteiger partial charge in [-0.3, -0.25) is 29.4 Å². The summed E-state index contributed by atoms with van der Waals surface area (Å²) in [4.78, 5) is 60.5. The van der Waals surface area contributed by atoms with E-state index in [1.54, 1.807) is 27.9 Å². The quantitative estimate of drug-likeness (QED) is 0.0696. The molecule has 3 heterocycles. The zero-order chi connectivity index (χ0) is 44.2. The molecule has 0 aliphatic carbocycles. The lowest BCUT2D eigenvalue weighted by molar-refractivity contribution is -0.385. The number of carbonyl (C=O) groups is 3. The number of anilines is 3. The Balaban J connectivity index is 1.08. The minimum Gasteiger partial charge on any atom is -0.497 e. The first-order valence-corrected chi connectivity index (χ1v) is 24.3. The van der Waals surface area contributed by atoms with Gasteiger partial charge in [-0.05, 0) is 64.5 Å². The van der Waals surface area contributed by atoms with E-state index in [0.29, 0.717) is 28.3 Å². The van der Waals surface area contributed by atoms with E-state index in [0.717, 1.165) is 32.8 Å². The van der Waals surface area contributed by atoms with Crippen LogP contribution in [0.4, 0.5) is 22.7 Å². The van der Waals surface area contributed by atoms with Crippen molar-refractivity contribution in [1.29, 1.82) is 0 Å². The number of nitro groups is 1. The molecule has 13 heteroatoms. The van der Waals surface area contributed by atoms with E-state index >= 15 is 4.79 Å². The monoisotopic (exact) mass is 860 g/mol. The maximum Gasteiger partial charge on any atom is 0.269 e. The molecular formula is C50H48N4O8Si. The molecule has 0 aromatic heterocycles. The van der Waals surface area contributed by atoms with Crippen molar-refractivity contribution >= 4 is 64.5 Å². The van der Waals surface area contributed by atoms with Crippen LogP contribution in [0, 0.1) is 16.0 Å². The van der Waals surface area contributed by atoms with Gasteiger partial charge in [0.05, 0.1) is 62.7 Å². The third-order valence-electron chi connectivity index (χ3n) is 13.4. The Morgan fingerprint density at radius 2 is 1.60 bits per heavy atom. The second-order valence-electron chi connectivity index (χ2n) is 17.2. The highest BCUT2D eigenvalue weighted by Gasteiger charge is 2.67. The van der Waals surface area contributed by atoms with Crippen LogP contribution < -0.4 is 19.7 Å². The lowest BCUT2D eigenvalue weighted by Gasteiger charge is -2.37. The fourth-order valence-corrected chi connectivity index (χ4v) is 14.4. The van der Waals surface area contributed by atoms with Gasteiger partial charge < -0.3 is 24.4 Å². The highest BCUT2D eigenvalue weighted by Crippen LogP contribution is 2.60. The number of benzene rings is 6. The maximum absolute atomic E-state index is 15.5. The molecular weight excluding hydrogens is 813 g/mol. The van der Waals surface area contributed by atoms with Crippen LogP contribution in [0.15, 0.2) is 133 Å². The maximum atomic E-state index is 15.5. The molecule has 0 bridgehead atoms. The van der Waals surface area contributed by atoms with Crippen LogP contribution in [0.25, 0.3) is 10.8 Å². The number of nitro benzene ring substituents is 1.